The zero-order valence-corrected chi connectivity index (χ0v) is 24.7. The number of hydrazone groups is 1. The highest BCUT2D eigenvalue weighted by Crippen LogP contribution is 2.34. The van der Waals surface area contributed by atoms with Gasteiger partial charge in [0.05, 0.1) is 19.9 Å². The number of rotatable bonds is 8. The number of methoxy groups -OCH3 is 1. The van der Waals surface area contributed by atoms with Crippen molar-refractivity contribution in [3.63, 3.8) is 0 Å². The molecule has 5 rings (SSSR count). The fourth-order valence-corrected chi connectivity index (χ4v) is 4.73. The Labute approximate surface area is 254 Å². The number of nitrogens with zero attached hydrogens (tertiary/aromatic N) is 5. The molecule has 0 fully saturated rings. The molecule has 3 aromatic carbocycles. The number of amides is 2. The van der Waals surface area contributed by atoms with Gasteiger partial charge in [-0.1, -0.05) is 47.5 Å². The maximum absolute atomic E-state index is 13.2. The van der Waals surface area contributed by atoms with Crippen LogP contribution in [0.25, 0.3) is 11.2 Å². The largest absolute Gasteiger partial charge is 0.493 e. The molecule has 0 bridgehead atoms. The van der Waals surface area contributed by atoms with Crippen molar-refractivity contribution in [1.29, 1.82) is 0 Å². The minimum Gasteiger partial charge on any atom is -0.493 e. The summed E-state index contributed by atoms with van der Waals surface area (Å²) in [4.78, 5) is 42.5. The second-order valence-electron chi connectivity index (χ2n) is 9.30. The molecule has 220 valence electrons. The molecule has 0 unspecified atom stereocenters. The van der Waals surface area contributed by atoms with Gasteiger partial charge in [-0.05, 0) is 53.6 Å². The SMILES string of the molecule is COc1cc(/C=N\NC(=O)Nc2ccccc2)ccc1Oc1nc2c(c(=O)n(C)c(=O)n2C)n1Cc1ccc(Cl)cc1Cl. The first-order chi connectivity index (χ1) is 20.7. The van der Waals surface area contributed by atoms with Gasteiger partial charge in [-0.2, -0.15) is 10.1 Å². The molecule has 0 aliphatic carbocycles. The Bertz CT molecular complexity index is 1980. The fraction of sp³-hybridized carbons (Fsp3) is 0.138. The van der Waals surface area contributed by atoms with E-state index in [1.54, 1.807) is 60.7 Å². The third-order valence-corrected chi connectivity index (χ3v) is 7.04. The van der Waals surface area contributed by atoms with Crippen molar-refractivity contribution >= 4 is 52.3 Å². The first kappa shape index (κ1) is 29.4. The van der Waals surface area contributed by atoms with Crippen LogP contribution in [0.5, 0.6) is 17.5 Å². The van der Waals surface area contributed by atoms with E-state index < -0.39 is 17.3 Å². The topological polar surface area (TPSA) is 134 Å². The molecule has 2 N–H and O–H groups in total. The molecular formula is C29H25Cl2N7O5. The monoisotopic (exact) mass is 621 g/mol. The van der Waals surface area contributed by atoms with Crippen molar-refractivity contribution < 1.29 is 14.3 Å². The smallest absolute Gasteiger partial charge is 0.339 e. The van der Waals surface area contributed by atoms with Gasteiger partial charge in [-0.3, -0.25) is 18.5 Å². The molecule has 2 amide bonds. The number of hydrogen-bond acceptors (Lipinski definition) is 7. The van der Waals surface area contributed by atoms with Crippen molar-refractivity contribution in [2.24, 2.45) is 19.2 Å². The molecule has 0 spiro atoms. The molecule has 0 saturated carbocycles. The van der Waals surface area contributed by atoms with E-state index in [0.29, 0.717) is 32.6 Å². The Morgan fingerprint density at radius 3 is 2.49 bits per heavy atom. The van der Waals surface area contributed by atoms with Crippen molar-refractivity contribution in [2.45, 2.75) is 6.54 Å². The highest BCUT2D eigenvalue weighted by Gasteiger charge is 2.22. The van der Waals surface area contributed by atoms with Crippen LogP contribution in [0.3, 0.4) is 0 Å². The average Bonchev–Trinajstić information content (AvgIpc) is 3.35. The number of halogens is 2. The van der Waals surface area contributed by atoms with Gasteiger partial charge in [0.2, 0.25) is 0 Å². The van der Waals surface area contributed by atoms with E-state index in [-0.39, 0.29) is 29.5 Å². The maximum Gasteiger partial charge on any atom is 0.339 e. The van der Waals surface area contributed by atoms with E-state index in [1.165, 1.54) is 36.6 Å². The first-order valence-electron chi connectivity index (χ1n) is 12.8. The number of anilines is 1. The Morgan fingerprint density at radius 2 is 1.77 bits per heavy atom. The third kappa shape index (κ3) is 6.25. The number of fused-ring (bicyclic) bond motifs is 1. The lowest BCUT2D eigenvalue weighted by Gasteiger charge is -2.13. The predicted molar refractivity (Wildman–Crippen MR) is 165 cm³/mol. The van der Waals surface area contributed by atoms with Gasteiger partial charge in [0.15, 0.2) is 22.7 Å². The van der Waals surface area contributed by atoms with Crippen molar-refractivity contribution in [3.05, 3.63) is 109 Å². The van der Waals surface area contributed by atoms with Crippen molar-refractivity contribution in [2.75, 3.05) is 12.4 Å². The molecule has 12 nitrogen and oxygen atoms in total. The van der Waals surface area contributed by atoms with Gasteiger partial charge < -0.3 is 14.8 Å². The number of urea groups is 1. The Kier molecular flexibility index (Phi) is 8.51. The normalized spacial score (nSPS) is 11.2. The van der Waals surface area contributed by atoms with Crippen LogP contribution in [0.4, 0.5) is 10.5 Å². The van der Waals surface area contributed by atoms with Gasteiger partial charge in [0.25, 0.3) is 5.56 Å². The molecule has 0 aliphatic heterocycles. The Balaban J connectivity index is 1.46. The number of aromatic nitrogens is 4. The van der Waals surface area contributed by atoms with E-state index in [9.17, 15) is 14.4 Å². The maximum atomic E-state index is 13.2. The highest BCUT2D eigenvalue weighted by molar-refractivity contribution is 6.35. The van der Waals surface area contributed by atoms with Gasteiger partial charge in [-0.25, -0.2) is 15.0 Å². The average molecular weight is 622 g/mol. The molecule has 0 atom stereocenters. The van der Waals surface area contributed by atoms with Crippen LogP contribution in [0, 0.1) is 0 Å². The lowest BCUT2D eigenvalue weighted by Crippen LogP contribution is -2.37. The minimum atomic E-state index is -0.548. The number of aryl methyl sites for hydroxylation is 1. The van der Waals surface area contributed by atoms with E-state index in [0.717, 1.165) is 4.57 Å². The molecule has 2 aromatic heterocycles. The van der Waals surface area contributed by atoms with Crippen LogP contribution in [0.15, 0.2) is 81.4 Å². The van der Waals surface area contributed by atoms with Gasteiger partial charge in [-0.15, -0.1) is 0 Å². The Morgan fingerprint density at radius 1 is 1.00 bits per heavy atom. The number of hydrogen-bond donors (Lipinski definition) is 2. The third-order valence-electron chi connectivity index (χ3n) is 6.46. The summed E-state index contributed by atoms with van der Waals surface area (Å²) in [6, 6.07) is 18.4. The number of carbonyl (C=O) groups is 1. The quantitative estimate of drug-likeness (QED) is 0.190. The summed E-state index contributed by atoms with van der Waals surface area (Å²) in [5.74, 6) is 0.595. The van der Waals surface area contributed by atoms with Gasteiger partial charge >= 0.3 is 17.7 Å². The van der Waals surface area contributed by atoms with E-state index in [4.69, 9.17) is 32.7 Å². The standard InChI is InChI=1S/C29H25Cl2N7O5/c1-36-25-24(26(39)37(2)29(36)41)38(16-18-10-11-19(30)14-21(18)31)28(34-25)43-22-12-9-17(13-23(22)42-3)15-32-35-27(40)33-20-7-5-4-6-8-20/h4-15H,16H2,1-3H3,(H2,33,35,40)/b32-15-. The van der Waals surface area contributed by atoms with Crippen LogP contribution in [0.1, 0.15) is 11.1 Å². The van der Waals surface area contributed by atoms with Crippen molar-refractivity contribution in [3.8, 4) is 17.5 Å². The summed E-state index contributed by atoms with van der Waals surface area (Å²) in [7, 11) is 4.37. The zero-order valence-electron chi connectivity index (χ0n) is 23.2. The molecule has 0 aliphatic rings. The minimum absolute atomic E-state index is 0.0262. The summed E-state index contributed by atoms with van der Waals surface area (Å²) in [5.41, 5.74) is 3.47. The zero-order chi connectivity index (χ0) is 30.7. The van der Waals surface area contributed by atoms with E-state index >= 15 is 0 Å². The van der Waals surface area contributed by atoms with Crippen LogP contribution in [-0.2, 0) is 20.6 Å². The first-order valence-corrected chi connectivity index (χ1v) is 13.5. The molecule has 5 aromatic rings. The van der Waals surface area contributed by atoms with Crippen LogP contribution < -0.4 is 31.5 Å². The summed E-state index contributed by atoms with van der Waals surface area (Å²) in [6.45, 7) is 0.0963. The summed E-state index contributed by atoms with van der Waals surface area (Å²) in [6.07, 6.45) is 1.44. The number of benzene rings is 3. The number of imidazole rings is 1. The summed E-state index contributed by atoms with van der Waals surface area (Å²) in [5, 5.41) is 7.48. The number of para-hydroxylation sites is 1. The van der Waals surface area contributed by atoms with Crippen molar-refractivity contribution in [1.82, 2.24) is 24.1 Å². The fourth-order valence-electron chi connectivity index (χ4n) is 4.26. The lowest BCUT2D eigenvalue weighted by atomic mass is 10.2. The second kappa shape index (κ2) is 12.4. The van der Waals surface area contributed by atoms with Crippen LogP contribution in [-0.4, -0.2) is 38.0 Å². The van der Waals surface area contributed by atoms with Gasteiger partial charge in [0.1, 0.15) is 0 Å². The van der Waals surface area contributed by atoms with E-state index in [1.807, 2.05) is 6.07 Å². The Hall–Kier alpha value is -5.07. The van der Waals surface area contributed by atoms with E-state index in [2.05, 4.69) is 20.8 Å². The lowest BCUT2D eigenvalue weighted by molar-refractivity contribution is 0.252. The molecular weight excluding hydrogens is 597 g/mol. The molecule has 43 heavy (non-hydrogen) atoms. The molecule has 0 saturated heterocycles. The highest BCUT2D eigenvalue weighted by atomic mass is 35.5. The molecule has 14 heteroatoms. The van der Waals surface area contributed by atoms with Crippen LogP contribution in [0.2, 0.25) is 10.0 Å². The molecule has 0 radical (unpaired) electrons. The predicted octanol–water partition coefficient (Wildman–Crippen LogP) is 4.75. The molecule has 2 heterocycles. The summed E-state index contributed by atoms with van der Waals surface area (Å²) < 4.78 is 15.5. The summed E-state index contributed by atoms with van der Waals surface area (Å²) >= 11 is 12.5. The second-order valence-corrected chi connectivity index (χ2v) is 10.1. The van der Waals surface area contributed by atoms with Gasteiger partial charge in [0, 0.05) is 29.8 Å². The number of nitrogens with one attached hydrogen (secondary N) is 2. The van der Waals surface area contributed by atoms with Crippen LogP contribution >= 0.6 is 23.2 Å². The number of ether oxygens (including phenoxy) is 2. The number of carbonyl (C=O) groups excluding carboxylic acids is 1.